The molecule has 0 saturated heterocycles. The Morgan fingerprint density at radius 3 is 2.29 bits per heavy atom. The van der Waals surface area contributed by atoms with Gasteiger partial charge in [0.2, 0.25) is 11.8 Å². The van der Waals surface area contributed by atoms with E-state index in [1.165, 1.54) is 12.0 Å². The number of unbranched alkanes of at least 4 members (excludes halogenated alkanes) is 2. The lowest BCUT2D eigenvalue weighted by Gasteiger charge is -2.33. The van der Waals surface area contributed by atoms with Gasteiger partial charge in [0.05, 0.1) is 7.11 Å². The van der Waals surface area contributed by atoms with Crippen LogP contribution in [0.1, 0.15) is 69.7 Å². The Bertz CT molecular complexity index is 863. The predicted octanol–water partition coefficient (Wildman–Crippen LogP) is 3.18. The van der Waals surface area contributed by atoms with E-state index >= 15 is 0 Å². The van der Waals surface area contributed by atoms with Gasteiger partial charge in [0.25, 0.3) is 0 Å². The molecule has 0 spiro atoms. The summed E-state index contributed by atoms with van der Waals surface area (Å²) in [7, 11) is 1.24. The van der Waals surface area contributed by atoms with Gasteiger partial charge in [-0.15, -0.1) is 0 Å². The number of nitrogens with zero attached hydrogens (tertiary/aromatic N) is 1. The van der Waals surface area contributed by atoms with Gasteiger partial charge in [0.15, 0.2) is 0 Å². The van der Waals surface area contributed by atoms with E-state index < -0.39 is 35.5 Å². The van der Waals surface area contributed by atoms with E-state index in [-0.39, 0.29) is 13.1 Å². The highest BCUT2D eigenvalue weighted by atomic mass is 16.6. The van der Waals surface area contributed by atoms with Crippen molar-refractivity contribution in [2.75, 3.05) is 26.7 Å². The lowest BCUT2D eigenvalue weighted by atomic mass is 9.95. The Hall–Kier alpha value is -3.10. The summed E-state index contributed by atoms with van der Waals surface area (Å²) in [5, 5.41) is 5.06. The quantitative estimate of drug-likeness (QED) is 0.374. The summed E-state index contributed by atoms with van der Waals surface area (Å²) < 4.78 is 9.85. The van der Waals surface area contributed by atoms with Crippen molar-refractivity contribution in [1.29, 1.82) is 0 Å². The number of methoxy groups -OCH3 is 1. The molecule has 9 heteroatoms. The van der Waals surface area contributed by atoms with Crippen molar-refractivity contribution in [2.24, 2.45) is 0 Å². The van der Waals surface area contributed by atoms with Gasteiger partial charge in [-0.3, -0.25) is 14.4 Å². The van der Waals surface area contributed by atoms with Crippen LogP contribution >= 0.6 is 0 Å². The molecular formula is C25H39N3O6. The van der Waals surface area contributed by atoms with Crippen LogP contribution in [0.25, 0.3) is 0 Å². The minimum atomic E-state index is -0.977. The molecule has 0 aliphatic carbocycles. The molecule has 1 rings (SSSR count). The molecule has 0 saturated carbocycles. The zero-order valence-electron chi connectivity index (χ0n) is 21.4. The van der Waals surface area contributed by atoms with Crippen LogP contribution < -0.4 is 10.6 Å². The molecule has 34 heavy (non-hydrogen) atoms. The molecule has 0 aromatic heterocycles. The Morgan fingerprint density at radius 1 is 1.03 bits per heavy atom. The van der Waals surface area contributed by atoms with Gasteiger partial charge in [-0.25, -0.2) is 4.79 Å². The maximum atomic E-state index is 13.3. The normalized spacial score (nSPS) is 11.9. The first kappa shape index (κ1) is 28.9. The molecule has 0 radical (unpaired) electrons. The van der Waals surface area contributed by atoms with Crippen LogP contribution in [0, 0.1) is 13.8 Å². The van der Waals surface area contributed by atoms with Crippen molar-refractivity contribution >= 4 is 23.9 Å². The Morgan fingerprint density at radius 2 is 1.71 bits per heavy atom. The van der Waals surface area contributed by atoms with Crippen LogP contribution in [0.2, 0.25) is 0 Å². The average molecular weight is 478 g/mol. The maximum absolute atomic E-state index is 13.3. The fourth-order valence-corrected chi connectivity index (χ4v) is 3.34. The number of carbonyl (C=O) groups excluding carboxylic acids is 4. The molecule has 0 fully saturated rings. The zero-order valence-corrected chi connectivity index (χ0v) is 21.4. The topological polar surface area (TPSA) is 114 Å². The largest absolute Gasteiger partial charge is 0.468 e. The van der Waals surface area contributed by atoms with Gasteiger partial charge in [-0.05, 0) is 57.7 Å². The molecule has 1 aromatic carbocycles. The van der Waals surface area contributed by atoms with Crippen molar-refractivity contribution in [2.45, 2.75) is 72.4 Å². The fourth-order valence-electron chi connectivity index (χ4n) is 3.34. The standard InChI is InChI=1S/C25H39N3O6/c1-8-9-10-14-28(20(29)15-27-24(32)34-25(4,5)6)22(23(31)26-16-21(30)33-7)19-13-11-12-17(2)18(19)3/h11-13,22H,8-10,14-16H2,1-7H3,(H,26,31)(H,27,32). The van der Waals surface area contributed by atoms with Crippen molar-refractivity contribution in [1.82, 2.24) is 15.5 Å². The molecular weight excluding hydrogens is 438 g/mol. The van der Waals surface area contributed by atoms with Gasteiger partial charge < -0.3 is 25.0 Å². The van der Waals surface area contributed by atoms with Gasteiger partial charge in [-0.1, -0.05) is 38.0 Å². The van der Waals surface area contributed by atoms with Gasteiger partial charge in [0, 0.05) is 6.54 Å². The van der Waals surface area contributed by atoms with Crippen LogP contribution in [-0.2, 0) is 23.9 Å². The van der Waals surface area contributed by atoms with Crippen LogP contribution in [-0.4, -0.2) is 61.1 Å². The van der Waals surface area contributed by atoms with E-state index in [4.69, 9.17) is 4.74 Å². The fraction of sp³-hybridized carbons (Fsp3) is 0.600. The molecule has 1 aromatic rings. The number of aryl methyl sites for hydroxylation is 1. The van der Waals surface area contributed by atoms with Crippen molar-refractivity contribution in [3.05, 3.63) is 34.9 Å². The number of ether oxygens (including phenoxy) is 2. The molecule has 0 aliphatic heterocycles. The number of hydrogen-bond donors (Lipinski definition) is 2. The second-order valence-corrected chi connectivity index (χ2v) is 9.14. The number of benzene rings is 1. The third-order valence-electron chi connectivity index (χ3n) is 5.24. The average Bonchev–Trinajstić information content (AvgIpc) is 2.76. The lowest BCUT2D eigenvalue weighted by Crippen LogP contribution is -2.49. The first-order valence-electron chi connectivity index (χ1n) is 11.6. The predicted molar refractivity (Wildman–Crippen MR) is 129 cm³/mol. The molecule has 0 bridgehead atoms. The number of rotatable bonds is 11. The third kappa shape index (κ3) is 9.41. The number of alkyl carbamates (subject to hydrolysis) is 1. The summed E-state index contributed by atoms with van der Waals surface area (Å²) >= 11 is 0. The first-order valence-corrected chi connectivity index (χ1v) is 11.6. The van der Waals surface area contributed by atoms with E-state index in [9.17, 15) is 19.2 Å². The number of amides is 3. The van der Waals surface area contributed by atoms with Crippen LogP contribution in [0.3, 0.4) is 0 Å². The second-order valence-electron chi connectivity index (χ2n) is 9.14. The van der Waals surface area contributed by atoms with Crippen LogP contribution in [0.15, 0.2) is 18.2 Å². The Balaban J connectivity index is 3.28. The summed E-state index contributed by atoms with van der Waals surface area (Å²) in [6.07, 6.45) is 1.76. The van der Waals surface area contributed by atoms with Gasteiger partial charge in [0.1, 0.15) is 24.7 Å². The van der Waals surface area contributed by atoms with Crippen molar-refractivity contribution < 1.29 is 28.7 Å². The van der Waals surface area contributed by atoms with Crippen molar-refractivity contribution in [3.63, 3.8) is 0 Å². The molecule has 3 amide bonds. The highest BCUT2D eigenvalue weighted by Crippen LogP contribution is 2.27. The van der Waals surface area contributed by atoms with E-state index in [2.05, 4.69) is 15.4 Å². The molecule has 9 nitrogen and oxygen atoms in total. The third-order valence-corrected chi connectivity index (χ3v) is 5.24. The summed E-state index contributed by atoms with van der Waals surface area (Å²) in [6, 6.07) is 4.57. The summed E-state index contributed by atoms with van der Waals surface area (Å²) in [6.45, 7) is 10.7. The van der Waals surface area contributed by atoms with Gasteiger partial charge in [-0.2, -0.15) is 0 Å². The van der Waals surface area contributed by atoms with Crippen LogP contribution in [0.4, 0.5) is 4.79 Å². The van der Waals surface area contributed by atoms with E-state index in [1.807, 2.05) is 32.9 Å². The van der Waals surface area contributed by atoms with Crippen LogP contribution in [0.5, 0.6) is 0 Å². The first-order chi connectivity index (χ1) is 15.9. The smallest absolute Gasteiger partial charge is 0.408 e. The number of nitrogens with one attached hydrogen (secondary N) is 2. The molecule has 0 aliphatic rings. The minimum absolute atomic E-state index is 0.312. The number of carbonyl (C=O) groups is 4. The highest BCUT2D eigenvalue weighted by Gasteiger charge is 2.33. The van der Waals surface area contributed by atoms with Crippen molar-refractivity contribution in [3.8, 4) is 0 Å². The summed E-state index contributed by atoms with van der Waals surface area (Å²) in [5.74, 6) is -1.52. The number of esters is 1. The lowest BCUT2D eigenvalue weighted by molar-refractivity contribution is -0.143. The second kappa shape index (κ2) is 13.6. The molecule has 1 unspecified atom stereocenters. The molecule has 190 valence electrons. The summed E-state index contributed by atoms with van der Waals surface area (Å²) in [5.41, 5.74) is 1.79. The summed E-state index contributed by atoms with van der Waals surface area (Å²) in [4.78, 5) is 51.8. The monoisotopic (exact) mass is 477 g/mol. The molecule has 1 atom stereocenters. The maximum Gasteiger partial charge on any atom is 0.408 e. The highest BCUT2D eigenvalue weighted by molar-refractivity contribution is 5.92. The molecule has 2 N–H and O–H groups in total. The zero-order chi connectivity index (χ0) is 25.9. The Kier molecular flexibility index (Phi) is 11.5. The van der Waals surface area contributed by atoms with E-state index in [0.717, 1.165) is 24.0 Å². The van der Waals surface area contributed by atoms with E-state index in [1.54, 1.807) is 26.8 Å². The number of hydrogen-bond acceptors (Lipinski definition) is 6. The van der Waals surface area contributed by atoms with E-state index in [0.29, 0.717) is 18.5 Å². The molecule has 0 heterocycles. The minimum Gasteiger partial charge on any atom is -0.468 e. The SMILES string of the molecule is CCCCCN(C(=O)CNC(=O)OC(C)(C)C)C(C(=O)NCC(=O)OC)c1cccc(C)c1C. The van der Waals surface area contributed by atoms with Gasteiger partial charge >= 0.3 is 12.1 Å². The Labute approximate surface area is 202 Å².